The number of pyridine rings is 1. The third kappa shape index (κ3) is 2.58. The fourth-order valence-corrected chi connectivity index (χ4v) is 0.967. The van der Waals surface area contributed by atoms with Gasteiger partial charge in [-0.1, -0.05) is 0 Å². The van der Waals surface area contributed by atoms with Crippen molar-refractivity contribution in [2.24, 2.45) is 0 Å². The normalized spacial score (nSPS) is 10.2. The smallest absolute Gasteiger partial charge is 0.0531 e. The molecule has 1 aromatic rings. The molecule has 0 aliphatic heterocycles. The Morgan fingerprint density at radius 2 is 2.09 bits per heavy atom. The van der Waals surface area contributed by atoms with Crippen molar-refractivity contribution in [1.29, 1.82) is 0 Å². The Hall–Kier alpha value is -1.05. The van der Waals surface area contributed by atoms with Crippen LogP contribution in [0.25, 0.3) is 0 Å². The zero-order valence-corrected chi connectivity index (χ0v) is 7.26. The van der Waals surface area contributed by atoms with Gasteiger partial charge in [0.15, 0.2) is 0 Å². The first-order valence-corrected chi connectivity index (χ1v) is 3.86. The molecule has 2 nitrogen and oxygen atoms in total. The van der Waals surface area contributed by atoms with Gasteiger partial charge in [0.1, 0.15) is 0 Å². The average Bonchev–Trinajstić information content (AvgIpc) is 1.85. The first-order valence-electron chi connectivity index (χ1n) is 3.86. The van der Waals surface area contributed by atoms with Gasteiger partial charge in [-0.25, -0.2) is 0 Å². The average molecular weight is 150 g/mol. The lowest BCUT2D eigenvalue weighted by atomic mass is 10.3. The molecule has 2 heteroatoms. The Morgan fingerprint density at radius 1 is 1.36 bits per heavy atom. The highest BCUT2D eigenvalue weighted by Crippen LogP contribution is 2.07. The summed E-state index contributed by atoms with van der Waals surface area (Å²) in [5.74, 6) is 0. The van der Waals surface area contributed by atoms with Crippen LogP contribution in [0.15, 0.2) is 18.5 Å². The molecule has 0 fully saturated rings. The second-order valence-electron chi connectivity index (χ2n) is 3.05. The summed E-state index contributed by atoms with van der Waals surface area (Å²) in [5, 5.41) is 3.28. The Balaban J connectivity index is 2.71. The van der Waals surface area contributed by atoms with Crippen molar-refractivity contribution in [2.75, 3.05) is 5.32 Å². The molecule has 0 unspecified atom stereocenters. The van der Waals surface area contributed by atoms with E-state index in [1.807, 2.05) is 19.3 Å². The second-order valence-corrected chi connectivity index (χ2v) is 3.05. The maximum atomic E-state index is 4.07. The topological polar surface area (TPSA) is 24.9 Å². The maximum Gasteiger partial charge on any atom is 0.0531 e. The van der Waals surface area contributed by atoms with Crippen LogP contribution >= 0.6 is 0 Å². The largest absolute Gasteiger partial charge is 0.382 e. The maximum absolute atomic E-state index is 4.07. The fraction of sp³-hybridized carbons (Fsp3) is 0.444. The second kappa shape index (κ2) is 3.37. The van der Waals surface area contributed by atoms with E-state index in [1.54, 1.807) is 0 Å². The van der Waals surface area contributed by atoms with Crippen LogP contribution in [0.5, 0.6) is 0 Å². The number of rotatable bonds is 2. The number of nitrogens with one attached hydrogen (secondary N) is 1. The van der Waals surface area contributed by atoms with E-state index in [1.165, 1.54) is 5.56 Å². The highest BCUT2D eigenvalue weighted by Gasteiger charge is 1.94. The molecule has 11 heavy (non-hydrogen) atoms. The number of nitrogens with zero attached hydrogens (tertiary/aromatic N) is 1. The molecule has 1 heterocycles. The number of hydrogen-bond acceptors (Lipinski definition) is 2. The predicted octanol–water partition coefficient (Wildman–Crippen LogP) is 2.21. The van der Waals surface area contributed by atoms with Crippen LogP contribution in [0.3, 0.4) is 0 Å². The zero-order valence-electron chi connectivity index (χ0n) is 7.26. The number of aromatic nitrogens is 1. The Labute approximate surface area is 67.7 Å². The standard InChI is InChI=1S/C9H14N2/c1-7(2)11-9-4-8(3)5-10-6-9/h4-7,11H,1-3H3. The van der Waals surface area contributed by atoms with Crippen molar-refractivity contribution in [3.8, 4) is 0 Å². The summed E-state index contributed by atoms with van der Waals surface area (Å²) in [6.45, 7) is 6.27. The minimum absolute atomic E-state index is 0.471. The summed E-state index contributed by atoms with van der Waals surface area (Å²) in [4.78, 5) is 4.07. The quantitative estimate of drug-likeness (QED) is 0.699. The van der Waals surface area contributed by atoms with Crippen molar-refractivity contribution < 1.29 is 0 Å². The van der Waals surface area contributed by atoms with Gasteiger partial charge >= 0.3 is 0 Å². The summed E-state index contributed by atoms with van der Waals surface area (Å²) in [5.41, 5.74) is 2.29. The molecule has 1 rings (SSSR count). The van der Waals surface area contributed by atoms with Gasteiger partial charge in [0.05, 0.1) is 5.69 Å². The molecule has 60 valence electrons. The van der Waals surface area contributed by atoms with Gasteiger partial charge in [-0.3, -0.25) is 4.98 Å². The van der Waals surface area contributed by atoms with E-state index >= 15 is 0 Å². The van der Waals surface area contributed by atoms with Crippen LogP contribution in [-0.2, 0) is 0 Å². The zero-order chi connectivity index (χ0) is 8.27. The SMILES string of the molecule is Cc1cncc(NC(C)C)c1. The van der Waals surface area contributed by atoms with Gasteiger partial charge in [-0.2, -0.15) is 0 Å². The lowest BCUT2D eigenvalue weighted by Gasteiger charge is -2.08. The molecule has 1 N–H and O–H groups in total. The molecular formula is C9H14N2. The van der Waals surface area contributed by atoms with Gasteiger partial charge in [0.25, 0.3) is 0 Å². The molecule has 1 aromatic heterocycles. The van der Waals surface area contributed by atoms with E-state index in [-0.39, 0.29) is 0 Å². The predicted molar refractivity (Wildman–Crippen MR) is 47.7 cm³/mol. The van der Waals surface area contributed by atoms with E-state index in [0.717, 1.165) is 5.69 Å². The van der Waals surface area contributed by atoms with E-state index in [0.29, 0.717) is 6.04 Å². The van der Waals surface area contributed by atoms with Crippen molar-refractivity contribution in [1.82, 2.24) is 4.98 Å². The van der Waals surface area contributed by atoms with Gasteiger partial charge in [-0.15, -0.1) is 0 Å². The van der Waals surface area contributed by atoms with Crippen LogP contribution in [0.4, 0.5) is 5.69 Å². The molecule has 0 saturated carbocycles. The third-order valence-electron chi connectivity index (χ3n) is 1.33. The first-order chi connectivity index (χ1) is 5.18. The number of hydrogen-bond donors (Lipinski definition) is 1. The molecule has 0 spiro atoms. The summed E-state index contributed by atoms with van der Waals surface area (Å²) in [6.07, 6.45) is 3.69. The van der Waals surface area contributed by atoms with Crippen molar-refractivity contribution in [3.63, 3.8) is 0 Å². The summed E-state index contributed by atoms with van der Waals surface area (Å²) in [7, 11) is 0. The van der Waals surface area contributed by atoms with Crippen LogP contribution in [0.2, 0.25) is 0 Å². The van der Waals surface area contributed by atoms with Crippen LogP contribution in [0, 0.1) is 6.92 Å². The van der Waals surface area contributed by atoms with Gasteiger partial charge in [0.2, 0.25) is 0 Å². The first kappa shape index (κ1) is 8.05. The summed E-state index contributed by atoms with van der Waals surface area (Å²) in [6, 6.07) is 2.56. The Kier molecular flexibility index (Phi) is 2.47. The monoisotopic (exact) mass is 150 g/mol. The number of aryl methyl sites for hydroxylation is 1. The molecule has 0 aromatic carbocycles. The lowest BCUT2D eigenvalue weighted by molar-refractivity contribution is 0.897. The van der Waals surface area contributed by atoms with Gasteiger partial charge in [-0.05, 0) is 32.4 Å². The molecule has 0 amide bonds. The molecular weight excluding hydrogens is 136 g/mol. The lowest BCUT2D eigenvalue weighted by Crippen LogP contribution is -2.09. The third-order valence-corrected chi connectivity index (χ3v) is 1.33. The van der Waals surface area contributed by atoms with Gasteiger partial charge < -0.3 is 5.32 Å². The molecule has 0 aliphatic rings. The molecule has 0 atom stereocenters. The minimum Gasteiger partial charge on any atom is -0.382 e. The van der Waals surface area contributed by atoms with E-state index in [2.05, 4.69) is 30.2 Å². The van der Waals surface area contributed by atoms with Crippen molar-refractivity contribution in [2.45, 2.75) is 26.8 Å². The van der Waals surface area contributed by atoms with Crippen LogP contribution in [-0.4, -0.2) is 11.0 Å². The van der Waals surface area contributed by atoms with Crippen LogP contribution < -0.4 is 5.32 Å². The van der Waals surface area contributed by atoms with E-state index in [9.17, 15) is 0 Å². The van der Waals surface area contributed by atoms with E-state index in [4.69, 9.17) is 0 Å². The minimum atomic E-state index is 0.471. The molecule has 0 radical (unpaired) electrons. The van der Waals surface area contributed by atoms with Crippen LogP contribution in [0.1, 0.15) is 19.4 Å². The highest BCUT2D eigenvalue weighted by molar-refractivity contribution is 5.42. The summed E-state index contributed by atoms with van der Waals surface area (Å²) >= 11 is 0. The van der Waals surface area contributed by atoms with Gasteiger partial charge in [0, 0.05) is 18.4 Å². The number of anilines is 1. The summed E-state index contributed by atoms with van der Waals surface area (Å²) < 4.78 is 0. The van der Waals surface area contributed by atoms with E-state index < -0.39 is 0 Å². The molecule has 0 bridgehead atoms. The molecule has 0 aliphatic carbocycles. The Morgan fingerprint density at radius 3 is 2.64 bits per heavy atom. The van der Waals surface area contributed by atoms with Crippen molar-refractivity contribution >= 4 is 5.69 Å². The molecule has 0 saturated heterocycles. The Bertz CT molecular complexity index is 231. The fourth-order valence-electron chi connectivity index (χ4n) is 0.967. The van der Waals surface area contributed by atoms with Crippen molar-refractivity contribution in [3.05, 3.63) is 24.0 Å². The highest BCUT2D eigenvalue weighted by atomic mass is 14.9.